The van der Waals surface area contributed by atoms with Gasteiger partial charge < -0.3 is 15.2 Å². The van der Waals surface area contributed by atoms with Gasteiger partial charge >= 0.3 is 0 Å². The Bertz CT molecular complexity index is 576. The van der Waals surface area contributed by atoms with Crippen LogP contribution in [-0.2, 0) is 0 Å². The number of likely N-dealkylation sites (N-methyl/N-ethyl adjacent to an activating group) is 2. The van der Waals surface area contributed by atoms with Gasteiger partial charge in [0.2, 0.25) is 0 Å². The SMILES string of the molecule is CNCCN(C)C(=O)c1cc(F)cc2[nH]cnc12.Cl.Cl. The Morgan fingerprint density at radius 3 is 2.80 bits per heavy atom. The topological polar surface area (TPSA) is 61.0 Å². The minimum absolute atomic E-state index is 0. The maximum absolute atomic E-state index is 13.4. The van der Waals surface area contributed by atoms with E-state index in [1.54, 1.807) is 11.9 Å². The third-order valence-corrected chi connectivity index (χ3v) is 2.76. The van der Waals surface area contributed by atoms with Gasteiger partial charge in [0.1, 0.15) is 11.3 Å². The average molecular weight is 323 g/mol. The molecule has 0 bridgehead atoms. The summed E-state index contributed by atoms with van der Waals surface area (Å²) in [6.07, 6.45) is 1.45. The van der Waals surface area contributed by atoms with Gasteiger partial charge in [0.15, 0.2) is 0 Å². The molecule has 8 heteroatoms. The Morgan fingerprint density at radius 1 is 1.45 bits per heavy atom. The molecule has 0 radical (unpaired) electrons. The van der Waals surface area contributed by atoms with Crippen LogP contribution < -0.4 is 5.32 Å². The Kier molecular flexibility index (Phi) is 7.49. The van der Waals surface area contributed by atoms with Crippen molar-refractivity contribution in [2.24, 2.45) is 0 Å². The van der Waals surface area contributed by atoms with Crippen LogP contribution in [0.2, 0.25) is 0 Å². The van der Waals surface area contributed by atoms with Crippen molar-refractivity contribution in [3.63, 3.8) is 0 Å². The zero-order valence-electron chi connectivity index (χ0n) is 11.1. The van der Waals surface area contributed by atoms with E-state index in [0.717, 1.165) is 0 Å². The summed E-state index contributed by atoms with van der Waals surface area (Å²) in [6.45, 7) is 1.24. The number of H-pyrrole nitrogens is 1. The lowest BCUT2D eigenvalue weighted by Gasteiger charge is -2.17. The highest BCUT2D eigenvalue weighted by molar-refractivity contribution is 6.04. The number of fused-ring (bicyclic) bond motifs is 1. The van der Waals surface area contributed by atoms with Gasteiger partial charge in [-0.1, -0.05) is 0 Å². The molecule has 5 nitrogen and oxygen atoms in total. The van der Waals surface area contributed by atoms with E-state index in [0.29, 0.717) is 24.1 Å². The molecule has 0 aliphatic rings. The van der Waals surface area contributed by atoms with Crippen LogP contribution in [0.5, 0.6) is 0 Å². The Morgan fingerprint density at radius 2 is 2.15 bits per heavy atom. The highest BCUT2D eigenvalue weighted by atomic mass is 35.5. The summed E-state index contributed by atoms with van der Waals surface area (Å²) in [5.74, 6) is -0.682. The standard InChI is InChI=1S/C12H15FN4O.2ClH/c1-14-3-4-17(2)12(18)9-5-8(13)6-10-11(9)16-7-15-10;;/h5-7,14H,3-4H2,1-2H3,(H,15,16);2*1H. The van der Waals surface area contributed by atoms with Crippen molar-refractivity contribution in [1.82, 2.24) is 20.2 Å². The van der Waals surface area contributed by atoms with Crippen molar-refractivity contribution in [1.29, 1.82) is 0 Å². The van der Waals surface area contributed by atoms with Gasteiger partial charge in [-0.3, -0.25) is 4.79 Å². The van der Waals surface area contributed by atoms with Crippen LogP contribution in [-0.4, -0.2) is 48.0 Å². The van der Waals surface area contributed by atoms with E-state index in [-0.39, 0.29) is 36.3 Å². The maximum Gasteiger partial charge on any atom is 0.256 e. The van der Waals surface area contributed by atoms with Crippen molar-refractivity contribution >= 4 is 41.8 Å². The van der Waals surface area contributed by atoms with Gasteiger partial charge in [-0.15, -0.1) is 24.8 Å². The Hall–Kier alpha value is -1.37. The quantitative estimate of drug-likeness (QED) is 0.902. The van der Waals surface area contributed by atoms with Crippen molar-refractivity contribution in [2.75, 3.05) is 27.2 Å². The number of carbonyl (C=O) groups excluding carboxylic acids is 1. The predicted octanol–water partition coefficient (Wildman–Crippen LogP) is 1.84. The van der Waals surface area contributed by atoms with Crippen molar-refractivity contribution in [3.8, 4) is 0 Å². The second-order valence-electron chi connectivity index (χ2n) is 4.08. The van der Waals surface area contributed by atoms with E-state index in [1.807, 2.05) is 7.05 Å². The Labute approximate surface area is 128 Å². The molecule has 0 spiro atoms. The highest BCUT2D eigenvalue weighted by Gasteiger charge is 2.17. The van der Waals surface area contributed by atoms with Crippen LogP contribution in [0.25, 0.3) is 11.0 Å². The molecule has 0 aliphatic heterocycles. The lowest BCUT2D eigenvalue weighted by molar-refractivity contribution is 0.0798. The molecule has 2 N–H and O–H groups in total. The van der Waals surface area contributed by atoms with Gasteiger partial charge in [-0.25, -0.2) is 9.37 Å². The molecule has 1 amide bonds. The zero-order valence-corrected chi connectivity index (χ0v) is 12.8. The fraction of sp³-hybridized carbons (Fsp3) is 0.333. The normalized spacial score (nSPS) is 9.75. The Balaban J connectivity index is 0.00000180. The second-order valence-corrected chi connectivity index (χ2v) is 4.08. The molecule has 0 atom stereocenters. The molecule has 2 rings (SSSR count). The number of imidazole rings is 1. The monoisotopic (exact) mass is 322 g/mol. The van der Waals surface area contributed by atoms with Crippen LogP contribution in [0.3, 0.4) is 0 Å². The number of carbonyl (C=O) groups is 1. The number of benzene rings is 1. The average Bonchev–Trinajstić information content (AvgIpc) is 2.81. The van der Waals surface area contributed by atoms with E-state index >= 15 is 0 Å². The van der Waals surface area contributed by atoms with Gasteiger partial charge in [0, 0.05) is 20.1 Å². The lowest BCUT2D eigenvalue weighted by Crippen LogP contribution is -2.33. The minimum Gasteiger partial charge on any atom is -0.344 e. The number of halogens is 3. The third-order valence-electron chi connectivity index (χ3n) is 2.76. The highest BCUT2D eigenvalue weighted by Crippen LogP contribution is 2.18. The van der Waals surface area contributed by atoms with E-state index in [9.17, 15) is 9.18 Å². The first-order valence-electron chi connectivity index (χ1n) is 5.66. The van der Waals surface area contributed by atoms with Crippen molar-refractivity contribution < 1.29 is 9.18 Å². The molecule has 112 valence electrons. The molecule has 0 aliphatic carbocycles. The van der Waals surface area contributed by atoms with Gasteiger partial charge in [-0.05, 0) is 19.2 Å². The van der Waals surface area contributed by atoms with Crippen molar-refractivity contribution in [2.45, 2.75) is 0 Å². The first kappa shape index (κ1) is 18.6. The van der Waals surface area contributed by atoms with E-state index < -0.39 is 5.82 Å². The van der Waals surface area contributed by atoms with E-state index in [2.05, 4.69) is 15.3 Å². The number of amides is 1. The number of nitrogens with one attached hydrogen (secondary N) is 2. The fourth-order valence-corrected chi connectivity index (χ4v) is 1.76. The maximum atomic E-state index is 13.4. The smallest absolute Gasteiger partial charge is 0.256 e. The van der Waals surface area contributed by atoms with Gasteiger partial charge in [0.25, 0.3) is 5.91 Å². The number of aromatic nitrogens is 2. The first-order chi connectivity index (χ1) is 8.63. The molecule has 2 aromatic rings. The van der Waals surface area contributed by atoms with Crippen LogP contribution in [0.15, 0.2) is 18.5 Å². The molecule has 20 heavy (non-hydrogen) atoms. The number of aromatic amines is 1. The van der Waals surface area contributed by atoms with Crippen LogP contribution >= 0.6 is 24.8 Å². The number of rotatable bonds is 4. The summed E-state index contributed by atoms with van der Waals surface area (Å²) in [5, 5.41) is 2.96. The zero-order chi connectivity index (χ0) is 13.1. The summed E-state index contributed by atoms with van der Waals surface area (Å²) >= 11 is 0. The minimum atomic E-state index is -0.447. The summed E-state index contributed by atoms with van der Waals surface area (Å²) in [5.41, 5.74) is 1.31. The summed E-state index contributed by atoms with van der Waals surface area (Å²) in [7, 11) is 3.50. The summed E-state index contributed by atoms with van der Waals surface area (Å²) in [4.78, 5) is 20.6. The second kappa shape index (κ2) is 8.04. The molecular weight excluding hydrogens is 306 g/mol. The lowest BCUT2D eigenvalue weighted by atomic mass is 10.1. The number of hydrogen-bond acceptors (Lipinski definition) is 3. The van der Waals surface area contributed by atoms with E-state index in [4.69, 9.17) is 0 Å². The van der Waals surface area contributed by atoms with E-state index in [1.165, 1.54) is 18.5 Å². The molecule has 1 aromatic heterocycles. The predicted molar refractivity (Wildman–Crippen MR) is 81.4 cm³/mol. The molecule has 0 saturated heterocycles. The number of nitrogens with zero attached hydrogens (tertiary/aromatic N) is 2. The number of hydrogen-bond donors (Lipinski definition) is 2. The third kappa shape index (κ3) is 3.82. The largest absolute Gasteiger partial charge is 0.344 e. The molecule has 1 heterocycles. The summed E-state index contributed by atoms with van der Waals surface area (Å²) < 4.78 is 13.4. The first-order valence-corrected chi connectivity index (χ1v) is 5.66. The molecule has 1 aromatic carbocycles. The van der Waals surface area contributed by atoms with Crippen LogP contribution in [0.4, 0.5) is 4.39 Å². The summed E-state index contributed by atoms with van der Waals surface area (Å²) in [6, 6.07) is 2.55. The van der Waals surface area contributed by atoms with Crippen molar-refractivity contribution in [3.05, 3.63) is 29.8 Å². The molecule has 0 fully saturated rings. The molecule has 0 saturated carbocycles. The molecular formula is C12H17Cl2FN4O. The van der Waals surface area contributed by atoms with Gasteiger partial charge in [-0.2, -0.15) is 0 Å². The van der Waals surface area contributed by atoms with Crippen LogP contribution in [0.1, 0.15) is 10.4 Å². The van der Waals surface area contributed by atoms with Gasteiger partial charge in [0.05, 0.1) is 17.4 Å². The van der Waals surface area contributed by atoms with Crippen LogP contribution in [0, 0.1) is 5.82 Å². The molecule has 0 unspecified atom stereocenters. The fourth-order valence-electron chi connectivity index (χ4n) is 1.76.